The van der Waals surface area contributed by atoms with Gasteiger partial charge in [-0.25, -0.2) is 0 Å². The Labute approximate surface area is 204 Å². The number of fused-ring (bicyclic) bond motifs is 4. The summed E-state index contributed by atoms with van der Waals surface area (Å²) in [5.74, 6) is 3.65. The van der Waals surface area contributed by atoms with Crippen molar-refractivity contribution >= 4 is 17.8 Å². The Morgan fingerprint density at radius 1 is 0.656 bits per heavy atom. The Bertz CT molecular complexity index is 1250. The molecule has 0 fully saturated rings. The molecule has 2 heterocycles. The molecule has 4 heteroatoms. The predicted octanol–water partition coefficient (Wildman–Crippen LogP) is 6.57. The number of aryl methyl sites for hydroxylation is 1. The third kappa shape index (κ3) is 4.46. The molecule has 3 aromatic carbocycles. The monoisotopic (exact) mass is 466 g/mol. The van der Waals surface area contributed by atoms with Gasteiger partial charge in [0.1, 0.15) is 23.0 Å². The van der Waals surface area contributed by atoms with Gasteiger partial charge in [-0.2, -0.15) is 0 Å². The number of anilines is 1. The molecule has 0 aromatic heterocycles. The zero-order chi connectivity index (χ0) is 22.7. The molecule has 2 aliphatic rings. The van der Waals surface area contributed by atoms with Crippen LogP contribution < -0.4 is 25.2 Å². The van der Waals surface area contributed by atoms with Gasteiger partial charge in [0.15, 0.2) is 0 Å². The van der Waals surface area contributed by atoms with Crippen molar-refractivity contribution in [2.75, 3.05) is 12.4 Å². The van der Waals surface area contributed by atoms with Crippen LogP contribution in [0.2, 0.25) is 0 Å². The van der Waals surface area contributed by atoms with E-state index in [0.717, 1.165) is 61.4 Å². The quantitative estimate of drug-likeness (QED) is 0.303. The SMILES string of the molecule is CC.CC.CNc1ccc2c(c1)Oc1c(C)c3c(c(C)c1=C2)Oc1cc(C)ccc1C=3.[V]. The molecule has 0 spiro atoms. The van der Waals surface area contributed by atoms with Crippen LogP contribution in [0.1, 0.15) is 55.5 Å². The first-order valence-electron chi connectivity index (χ1n) is 11.2. The van der Waals surface area contributed by atoms with Gasteiger partial charge in [0.25, 0.3) is 0 Å². The standard InChI is InChI=1S/C24H21NO2.2C2H6.V/c1-13-5-6-16-10-19-15(3)24-20(14(2)23(19)26-21(16)9-13)11-17-7-8-18(25-4)12-22(17)27-24;2*1-2;/h5-12,25H,1-4H3;2*1-2H3;. The summed E-state index contributed by atoms with van der Waals surface area (Å²) in [7, 11) is 1.92. The molecule has 0 bridgehead atoms. The van der Waals surface area contributed by atoms with Crippen LogP contribution in [-0.2, 0) is 18.6 Å². The molecule has 0 saturated carbocycles. The van der Waals surface area contributed by atoms with E-state index < -0.39 is 0 Å². The molecule has 1 radical (unpaired) electrons. The fraction of sp³-hybridized carbons (Fsp3) is 0.286. The minimum atomic E-state index is 0. The van der Waals surface area contributed by atoms with Crippen LogP contribution in [0.4, 0.5) is 5.69 Å². The van der Waals surface area contributed by atoms with E-state index >= 15 is 0 Å². The third-order valence-corrected chi connectivity index (χ3v) is 5.47. The first kappa shape index (κ1) is 25.6. The van der Waals surface area contributed by atoms with Crippen LogP contribution in [0, 0.1) is 20.8 Å². The van der Waals surface area contributed by atoms with E-state index in [4.69, 9.17) is 9.47 Å². The average molecular weight is 467 g/mol. The second-order valence-electron chi connectivity index (χ2n) is 7.27. The summed E-state index contributed by atoms with van der Waals surface area (Å²) in [6, 6.07) is 12.5. The van der Waals surface area contributed by atoms with Crippen molar-refractivity contribution in [3.05, 3.63) is 74.7 Å². The second kappa shape index (κ2) is 10.8. The van der Waals surface area contributed by atoms with E-state index in [0.29, 0.717) is 0 Å². The Hall–Kier alpha value is -2.62. The molecule has 3 nitrogen and oxygen atoms in total. The molecule has 0 saturated heterocycles. The molecule has 32 heavy (non-hydrogen) atoms. The molecular weight excluding hydrogens is 433 g/mol. The first-order chi connectivity index (χ1) is 15.0. The topological polar surface area (TPSA) is 30.5 Å². The number of rotatable bonds is 1. The van der Waals surface area contributed by atoms with Crippen LogP contribution in [0.25, 0.3) is 12.2 Å². The van der Waals surface area contributed by atoms with Crippen molar-refractivity contribution < 1.29 is 28.0 Å². The number of hydrogen-bond acceptors (Lipinski definition) is 3. The molecule has 1 N–H and O–H groups in total. The van der Waals surface area contributed by atoms with Gasteiger partial charge in [-0.05, 0) is 56.7 Å². The second-order valence-corrected chi connectivity index (χ2v) is 7.27. The van der Waals surface area contributed by atoms with E-state index in [1.807, 2.05) is 40.8 Å². The maximum absolute atomic E-state index is 6.36. The molecular formula is C28H33NO2V. The molecule has 3 aromatic rings. The Morgan fingerprint density at radius 2 is 1.12 bits per heavy atom. The van der Waals surface area contributed by atoms with E-state index in [2.05, 4.69) is 68.6 Å². The van der Waals surface area contributed by atoms with Crippen molar-refractivity contribution in [3.63, 3.8) is 0 Å². The van der Waals surface area contributed by atoms with E-state index in [-0.39, 0.29) is 18.6 Å². The fourth-order valence-corrected chi connectivity index (χ4v) is 3.88. The summed E-state index contributed by atoms with van der Waals surface area (Å²) in [4.78, 5) is 0. The maximum atomic E-state index is 6.36. The van der Waals surface area contributed by atoms with Gasteiger partial charge in [0.05, 0.1) is 0 Å². The van der Waals surface area contributed by atoms with Crippen LogP contribution in [0.3, 0.4) is 0 Å². The van der Waals surface area contributed by atoms with E-state index in [1.165, 1.54) is 5.56 Å². The molecule has 0 amide bonds. The summed E-state index contributed by atoms with van der Waals surface area (Å²) in [6.45, 7) is 14.3. The minimum Gasteiger partial charge on any atom is -0.456 e. The fourth-order valence-electron chi connectivity index (χ4n) is 3.88. The smallest absolute Gasteiger partial charge is 0.138 e. The summed E-state index contributed by atoms with van der Waals surface area (Å²) < 4.78 is 12.7. The van der Waals surface area contributed by atoms with E-state index in [9.17, 15) is 0 Å². The van der Waals surface area contributed by atoms with Crippen molar-refractivity contribution in [1.82, 2.24) is 0 Å². The zero-order valence-electron chi connectivity index (χ0n) is 20.4. The molecule has 0 atom stereocenters. The van der Waals surface area contributed by atoms with Crippen molar-refractivity contribution in [2.45, 2.75) is 48.5 Å². The minimum absolute atomic E-state index is 0. The van der Waals surface area contributed by atoms with Gasteiger partial charge in [0.2, 0.25) is 0 Å². The first-order valence-corrected chi connectivity index (χ1v) is 11.2. The summed E-state index contributed by atoms with van der Waals surface area (Å²) in [5.41, 5.74) is 6.64. The average Bonchev–Trinajstić information content (AvgIpc) is 2.82. The number of nitrogens with one attached hydrogen (secondary N) is 1. The van der Waals surface area contributed by atoms with Gasteiger partial charge in [0, 0.05) is 70.0 Å². The molecule has 0 aliphatic carbocycles. The van der Waals surface area contributed by atoms with Gasteiger partial charge in [-0.15, -0.1) is 0 Å². The zero-order valence-corrected chi connectivity index (χ0v) is 21.8. The van der Waals surface area contributed by atoms with Crippen molar-refractivity contribution in [1.29, 1.82) is 0 Å². The molecule has 0 unspecified atom stereocenters. The summed E-state index contributed by atoms with van der Waals surface area (Å²) in [5, 5.41) is 5.37. The van der Waals surface area contributed by atoms with Gasteiger partial charge < -0.3 is 14.8 Å². The number of benzene rings is 3. The molecule has 167 valence electrons. The van der Waals surface area contributed by atoms with Gasteiger partial charge in [-0.3, -0.25) is 0 Å². The van der Waals surface area contributed by atoms with Crippen LogP contribution in [-0.4, -0.2) is 7.05 Å². The Kier molecular flexibility index (Phi) is 8.66. The normalized spacial score (nSPS) is 11.2. The summed E-state index contributed by atoms with van der Waals surface area (Å²) >= 11 is 0. The molecule has 2 aliphatic heterocycles. The van der Waals surface area contributed by atoms with Crippen LogP contribution in [0.5, 0.6) is 23.0 Å². The van der Waals surface area contributed by atoms with Crippen molar-refractivity contribution in [2.24, 2.45) is 0 Å². The Balaban J connectivity index is 0.000000689. The Morgan fingerprint density at radius 3 is 1.62 bits per heavy atom. The maximum Gasteiger partial charge on any atom is 0.138 e. The third-order valence-electron chi connectivity index (χ3n) is 5.47. The van der Waals surface area contributed by atoms with Crippen molar-refractivity contribution in [3.8, 4) is 23.0 Å². The van der Waals surface area contributed by atoms with Gasteiger partial charge >= 0.3 is 0 Å². The van der Waals surface area contributed by atoms with E-state index in [1.54, 1.807) is 0 Å². The van der Waals surface area contributed by atoms with Crippen LogP contribution >= 0.6 is 0 Å². The molecule has 5 rings (SSSR count). The number of ether oxygens (including phenoxy) is 2. The van der Waals surface area contributed by atoms with Gasteiger partial charge in [-0.1, -0.05) is 39.8 Å². The summed E-state index contributed by atoms with van der Waals surface area (Å²) in [6.07, 6.45) is 4.41. The number of hydrogen-bond donors (Lipinski definition) is 1. The largest absolute Gasteiger partial charge is 0.456 e. The predicted molar refractivity (Wildman–Crippen MR) is 132 cm³/mol. The van der Waals surface area contributed by atoms with Crippen LogP contribution in [0.15, 0.2) is 36.4 Å².